The first-order valence-electron chi connectivity index (χ1n) is 9.12. The monoisotopic (exact) mass is 371 g/mol. The van der Waals surface area contributed by atoms with Gasteiger partial charge in [0.2, 0.25) is 0 Å². The molecule has 1 N–H and O–H groups in total. The lowest BCUT2D eigenvalue weighted by atomic mass is 10.0. The van der Waals surface area contributed by atoms with E-state index in [9.17, 15) is 4.79 Å². The van der Waals surface area contributed by atoms with Gasteiger partial charge in [0.05, 0.1) is 0 Å². The van der Waals surface area contributed by atoms with Crippen LogP contribution >= 0.6 is 11.6 Å². The van der Waals surface area contributed by atoms with Crippen LogP contribution in [0.25, 0.3) is 0 Å². The molecule has 0 spiro atoms. The molecule has 0 aromatic heterocycles. The number of nitrogens with one attached hydrogen (secondary N) is 1. The van der Waals surface area contributed by atoms with Gasteiger partial charge in [-0.15, -0.1) is 0 Å². The highest BCUT2D eigenvalue weighted by Crippen LogP contribution is 2.13. The van der Waals surface area contributed by atoms with E-state index < -0.39 is 0 Å². The number of rotatable bonds is 6. The van der Waals surface area contributed by atoms with Crippen LogP contribution in [-0.4, -0.2) is 61.5 Å². The Morgan fingerprint density at radius 3 is 2.50 bits per heavy atom. The molecule has 0 bridgehead atoms. The molecule has 138 valence electrons. The summed E-state index contributed by atoms with van der Waals surface area (Å²) in [5, 5.41) is 3.68. The van der Waals surface area contributed by atoms with E-state index in [4.69, 9.17) is 11.6 Å². The van der Waals surface area contributed by atoms with E-state index in [2.05, 4.69) is 46.4 Å². The van der Waals surface area contributed by atoms with E-state index in [1.807, 2.05) is 6.07 Å². The van der Waals surface area contributed by atoms with Crippen molar-refractivity contribution >= 4 is 17.5 Å². The van der Waals surface area contributed by atoms with Gasteiger partial charge in [0.25, 0.3) is 5.91 Å². The molecule has 1 aliphatic heterocycles. The highest BCUT2D eigenvalue weighted by atomic mass is 35.5. The topological polar surface area (TPSA) is 35.6 Å². The van der Waals surface area contributed by atoms with E-state index in [-0.39, 0.29) is 11.9 Å². The summed E-state index contributed by atoms with van der Waals surface area (Å²) in [6, 6.07) is 17.9. The first-order valence-corrected chi connectivity index (χ1v) is 9.50. The van der Waals surface area contributed by atoms with E-state index in [1.165, 1.54) is 5.56 Å². The number of hydrogen-bond donors (Lipinski definition) is 1. The maximum atomic E-state index is 12.5. The number of piperazine rings is 1. The Morgan fingerprint density at radius 1 is 1.08 bits per heavy atom. The number of halogens is 1. The number of benzene rings is 2. The molecule has 1 unspecified atom stereocenters. The van der Waals surface area contributed by atoms with Crippen molar-refractivity contribution in [3.63, 3.8) is 0 Å². The smallest absolute Gasteiger partial charge is 0.251 e. The molecule has 1 aliphatic rings. The third-order valence-electron chi connectivity index (χ3n) is 4.95. The fourth-order valence-electron chi connectivity index (χ4n) is 3.35. The Hall–Kier alpha value is -1.88. The molecular formula is C21H26ClN3O. The normalized spacial score (nSPS) is 17.0. The molecule has 4 nitrogen and oxygen atoms in total. The highest BCUT2D eigenvalue weighted by Gasteiger charge is 2.23. The molecule has 0 saturated carbocycles. The van der Waals surface area contributed by atoms with Crippen LogP contribution in [0.4, 0.5) is 0 Å². The lowest BCUT2D eigenvalue weighted by molar-refractivity contribution is 0.0886. The maximum Gasteiger partial charge on any atom is 0.251 e. The average Bonchev–Trinajstić information content (AvgIpc) is 2.66. The van der Waals surface area contributed by atoms with Crippen LogP contribution in [0.2, 0.25) is 5.02 Å². The number of carbonyl (C=O) groups excluding carboxylic acids is 1. The summed E-state index contributed by atoms with van der Waals surface area (Å²) in [5.41, 5.74) is 1.91. The van der Waals surface area contributed by atoms with E-state index in [1.54, 1.807) is 24.3 Å². The standard InChI is InChI=1S/C21H26ClN3O/c1-24-10-12-25(13-11-24)20(14-17-6-3-2-4-7-17)16-23-21(26)18-8-5-9-19(22)15-18/h2-9,15,20H,10-14,16H2,1H3,(H,23,26). The second kappa shape index (κ2) is 9.17. The molecule has 26 heavy (non-hydrogen) atoms. The molecular weight excluding hydrogens is 346 g/mol. The number of amides is 1. The van der Waals surface area contributed by atoms with Crippen molar-refractivity contribution in [1.29, 1.82) is 0 Å². The number of nitrogens with zero attached hydrogens (tertiary/aromatic N) is 2. The molecule has 0 radical (unpaired) electrons. The molecule has 1 atom stereocenters. The summed E-state index contributed by atoms with van der Waals surface area (Å²) < 4.78 is 0. The van der Waals surface area contributed by atoms with Gasteiger partial charge in [-0.2, -0.15) is 0 Å². The molecule has 5 heteroatoms. The van der Waals surface area contributed by atoms with Gasteiger partial charge < -0.3 is 10.2 Å². The van der Waals surface area contributed by atoms with Crippen LogP contribution < -0.4 is 5.32 Å². The van der Waals surface area contributed by atoms with Gasteiger partial charge in [0.1, 0.15) is 0 Å². The molecule has 2 aromatic carbocycles. The molecule has 0 aliphatic carbocycles. The Morgan fingerprint density at radius 2 is 1.81 bits per heavy atom. The predicted molar refractivity (Wildman–Crippen MR) is 107 cm³/mol. The van der Waals surface area contributed by atoms with Crippen molar-refractivity contribution in [3.05, 3.63) is 70.7 Å². The fraction of sp³-hybridized carbons (Fsp3) is 0.381. The summed E-state index contributed by atoms with van der Waals surface area (Å²) in [7, 11) is 2.16. The van der Waals surface area contributed by atoms with Crippen LogP contribution in [0.1, 0.15) is 15.9 Å². The van der Waals surface area contributed by atoms with Crippen molar-refractivity contribution in [2.24, 2.45) is 0 Å². The van der Waals surface area contributed by atoms with Gasteiger partial charge in [-0.3, -0.25) is 9.69 Å². The van der Waals surface area contributed by atoms with Crippen molar-refractivity contribution in [2.45, 2.75) is 12.5 Å². The summed E-state index contributed by atoms with van der Waals surface area (Å²) in [6.07, 6.45) is 0.931. The summed E-state index contributed by atoms with van der Waals surface area (Å²) in [6.45, 7) is 4.81. The molecule has 1 amide bonds. The van der Waals surface area contributed by atoms with Gasteiger partial charge in [0.15, 0.2) is 0 Å². The van der Waals surface area contributed by atoms with E-state index in [0.717, 1.165) is 32.6 Å². The molecule has 3 rings (SSSR count). The zero-order valence-electron chi connectivity index (χ0n) is 15.2. The highest BCUT2D eigenvalue weighted by molar-refractivity contribution is 6.30. The Kier molecular flexibility index (Phi) is 6.67. The van der Waals surface area contributed by atoms with E-state index in [0.29, 0.717) is 17.1 Å². The number of carbonyl (C=O) groups is 1. The molecule has 1 saturated heterocycles. The Labute approximate surface area is 160 Å². The number of hydrogen-bond acceptors (Lipinski definition) is 3. The zero-order chi connectivity index (χ0) is 18.4. The largest absolute Gasteiger partial charge is 0.350 e. The number of likely N-dealkylation sites (N-methyl/N-ethyl adjacent to an activating group) is 1. The van der Waals surface area contributed by atoms with Crippen LogP contribution in [0.5, 0.6) is 0 Å². The van der Waals surface area contributed by atoms with Crippen LogP contribution in [-0.2, 0) is 6.42 Å². The van der Waals surface area contributed by atoms with Gasteiger partial charge in [-0.25, -0.2) is 0 Å². The van der Waals surface area contributed by atoms with Crippen molar-refractivity contribution < 1.29 is 4.79 Å². The summed E-state index contributed by atoms with van der Waals surface area (Å²) >= 11 is 6.00. The predicted octanol–water partition coefficient (Wildman–Crippen LogP) is 2.93. The minimum Gasteiger partial charge on any atom is -0.350 e. The second-order valence-corrected chi connectivity index (χ2v) is 7.34. The summed E-state index contributed by atoms with van der Waals surface area (Å²) in [5.74, 6) is -0.0697. The third kappa shape index (κ3) is 5.31. The van der Waals surface area contributed by atoms with Crippen LogP contribution in [0.3, 0.4) is 0 Å². The fourth-order valence-corrected chi connectivity index (χ4v) is 3.54. The van der Waals surface area contributed by atoms with Gasteiger partial charge in [0, 0.05) is 49.4 Å². The molecule has 2 aromatic rings. The van der Waals surface area contributed by atoms with Crippen LogP contribution in [0.15, 0.2) is 54.6 Å². The first kappa shape index (κ1) is 18.9. The third-order valence-corrected chi connectivity index (χ3v) is 5.19. The first-order chi connectivity index (χ1) is 12.6. The van der Waals surface area contributed by atoms with Crippen molar-refractivity contribution in [2.75, 3.05) is 39.8 Å². The minimum atomic E-state index is -0.0697. The van der Waals surface area contributed by atoms with Crippen molar-refractivity contribution in [3.8, 4) is 0 Å². The SMILES string of the molecule is CN1CCN(C(CNC(=O)c2cccc(Cl)c2)Cc2ccccc2)CC1. The zero-order valence-corrected chi connectivity index (χ0v) is 16.0. The van der Waals surface area contributed by atoms with E-state index >= 15 is 0 Å². The van der Waals surface area contributed by atoms with Crippen molar-refractivity contribution in [1.82, 2.24) is 15.1 Å². The van der Waals surface area contributed by atoms with Gasteiger partial charge in [-0.1, -0.05) is 48.0 Å². The van der Waals surface area contributed by atoms with Gasteiger partial charge in [-0.05, 0) is 37.2 Å². The van der Waals surface area contributed by atoms with Crippen LogP contribution in [0, 0.1) is 0 Å². The summed E-state index contributed by atoms with van der Waals surface area (Å²) in [4.78, 5) is 17.3. The molecule has 1 fully saturated rings. The quantitative estimate of drug-likeness (QED) is 0.848. The average molecular weight is 372 g/mol. The lowest BCUT2D eigenvalue weighted by Gasteiger charge is -2.38. The Balaban J connectivity index is 1.65. The second-order valence-electron chi connectivity index (χ2n) is 6.90. The Bertz CT molecular complexity index is 714. The maximum absolute atomic E-state index is 12.5. The lowest BCUT2D eigenvalue weighted by Crippen LogP contribution is -2.53. The molecule has 1 heterocycles. The van der Waals surface area contributed by atoms with Gasteiger partial charge >= 0.3 is 0 Å². The minimum absolute atomic E-state index is 0.0697.